The molecule has 0 bridgehead atoms. The number of aliphatic carboxylic acids is 1. The van der Waals surface area contributed by atoms with Gasteiger partial charge in [0.2, 0.25) is 0 Å². The van der Waals surface area contributed by atoms with Crippen LogP contribution in [-0.4, -0.2) is 45.1 Å². The molecule has 7 nitrogen and oxygen atoms in total. The van der Waals surface area contributed by atoms with Crippen molar-refractivity contribution in [3.8, 4) is 0 Å². The molecule has 1 atom stereocenters. The highest BCUT2D eigenvalue weighted by molar-refractivity contribution is 5.76. The Morgan fingerprint density at radius 3 is 2.90 bits per heavy atom. The van der Waals surface area contributed by atoms with E-state index in [1.165, 1.54) is 0 Å². The van der Waals surface area contributed by atoms with Crippen molar-refractivity contribution in [1.29, 1.82) is 0 Å². The number of carboxylic acid groups (broad SMARTS) is 1. The fourth-order valence-electron chi connectivity index (χ4n) is 2.15. The molecule has 0 spiro atoms. The predicted octanol–water partition coefficient (Wildman–Crippen LogP) is 0.791. The van der Waals surface area contributed by atoms with Crippen molar-refractivity contribution in [2.24, 2.45) is 5.92 Å². The van der Waals surface area contributed by atoms with Gasteiger partial charge in [0.05, 0.1) is 30.0 Å². The molecule has 20 heavy (non-hydrogen) atoms. The number of carbonyl (C=O) groups excluding carboxylic acids is 1. The first-order chi connectivity index (χ1) is 9.56. The molecule has 1 aliphatic rings. The van der Waals surface area contributed by atoms with Crippen molar-refractivity contribution in [1.82, 2.24) is 20.2 Å². The number of carboxylic acids is 1. The summed E-state index contributed by atoms with van der Waals surface area (Å²) in [6.45, 7) is 2.99. The lowest BCUT2D eigenvalue weighted by Crippen LogP contribution is -2.46. The molecule has 7 heteroatoms. The molecule has 0 aliphatic carbocycles. The van der Waals surface area contributed by atoms with Crippen molar-refractivity contribution in [2.75, 3.05) is 13.1 Å². The zero-order valence-electron chi connectivity index (χ0n) is 11.4. The molecule has 0 aromatic carbocycles. The molecule has 2 rings (SSSR count). The molecule has 1 aromatic rings. The van der Waals surface area contributed by atoms with Crippen LogP contribution in [0.1, 0.15) is 24.2 Å². The fraction of sp³-hybridized carbons (Fsp3) is 0.538. The first-order valence-electron chi connectivity index (χ1n) is 6.59. The van der Waals surface area contributed by atoms with E-state index in [0.29, 0.717) is 31.6 Å². The lowest BCUT2D eigenvalue weighted by molar-refractivity contribution is -0.143. The lowest BCUT2D eigenvalue weighted by Gasteiger charge is -2.30. The second-order valence-electron chi connectivity index (χ2n) is 4.93. The van der Waals surface area contributed by atoms with Gasteiger partial charge in [-0.2, -0.15) is 0 Å². The third kappa shape index (κ3) is 3.66. The van der Waals surface area contributed by atoms with E-state index in [4.69, 9.17) is 5.11 Å². The van der Waals surface area contributed by atoms with E-state index < -0.39 is 11.9 Å². The minimum Gasteiger partial charge on any atom is -0.481 e. The van der Waals surface area contributed by atoms with Crippen LogP contribution < -0.4 is 5.32 Å². The maximum Gasteiger partial charge on any atom is 0.317 e. The number of carbonyl (C=O) groups is 2. The second kappa shape index (κ2) is 6.31. The SMILES string of the molecule is Cc1cnc(CNC(=O)N2CCC[C@H](C(=O)O)C2)cn1. The molecule has 2 amide bonds. The number of piperidine rings is 1. The fourth-order valence-corrected chi connectivity index (χ4v) is 2.15. The van der Waals surface area contributed by atoms with Gasteiger partial charge in [-0.25, -0.2) is 4.79 Å². The highest BCUT2D eigenvalue weighted by Crippen LogP contribution is 2.16. The summed E-state index contributed by atoms with van der Waals surface area (Å²) in [6.07, 6.45) is 4.60. The first-order valence-corrected chi connectivity index (χ1v) is 6.59. The van der Waals surface area contributed by atoms with Gasteiger partial charge in [0, 0.05) is 19.3 Å². The van der Waals surface area contributed by atoms with Gasteiger partial charge >= 0.3 is 12.0 Å². The van der Waals surface area contributed by atoms with Crippen molar-refractivity contribution in [3.63, 3.8) is 0 Å². The largest absolute Gasteiger partial charge is 0.481 e. The molecule has 0 radical (unpaired) electrons. The van der Waals surface area contributed by atoms with Crippen molar-refractivity contribution >= 4 is 12.0 Å². The van der Waals surface area contributed by atoms with Crippen molar-refractivity contribution in [3.05, 3.63) is 23.8 Å². The molecular weight excluding hydrogens is 260 g/mol. The number of amides is 2. The van der Waals surface area contributed by atoms with Crippen molar-refractivity contribution in [2.45, 2.75) is 26.3 Å². The minimum absolute atomic E-state index is 0.252. The number of nitrogens with zero attached hydrogens (tertiary/aromatic N) is 3. The van der Waals surface area contributed by atoms with Crippen LogP contribution in [0.15, 0.2) is 12.4 Å². The van der Waals surface area contributed by atoms with Gasteiger partial charge in [0.1, 0.15) is 0 Å². The molecule has 2 heterocycles. The van der Waals surface area contributed by atoms with E-state index in [-0.39, 0.29) is 12.6 Å². The molecule has 1 aromatic heterocycles. The Bertz CT molecular complexity index is 489. The van der Waals surface area contributed by atoms with Gasteiger partial charge in [-0.05, 0) is 19.8 Å². The topological polar surface area (TPSA) is 95.4 Å². The number of rotatable bonds is 3. The van der Waals surface area contributed by atoms with E-state index >= 15 is 0 Å². The van der Waals surface area contributed by atoms with Gasteiger partial charge in [-0.3, -0.25) is 14.8 Å². The van der Waals surface area contributed by atoms with Gasteiger partial charge in [0.15, 0.2) is 0 Å². The van der Waals surface area contributed by atoms with Gasteiger partial charge in [0.25, 0.3) is 0 Å². The summed E-state index contributed by atoms with van der Waals surface area (Å²) in [7, 11) is 0. The van der Waals surface area contributed by atoms with Crippen LogP contribution in [0, 0.1) is 12.8 Å². The van der Waals surface area contributed by atoms with E-state index in [1.807, 2.05) is 6.92 Å². The number of hydrogen-bond donors (Lipinski definition) is 2. The standard InChI is InChI=1S/C13H18N4O3/c1-9-5-15-11(6-14-9)7-16-13(20)17-4-2-3-10(8-17)12(18)19/h5-6,10H,2-4,7-8H2,1H3,(H,16,20)(H,18,19)/t10-/m0/s1. The van der Waals surface area contributed by atoms with Gasteiger partial charge in [-0.15, -0.1) is 0 Å². The second-order valence-corrected chi connectivity index (χ2v) is 4.93. The third-order valence-corrected chi connectivity index (χ3v) is 3.31. The Labute approximate surface area is 117 Å². The molecule has 2 N–H and O–H groups in total. The smallest absolute Gasteiger partial charge is 0.317 e. The summed E-state index contributed by atoms with van der Waals surface area (Å²) in [5.74, 6) is -1.31. The quantitative estimate of drug-likeness (QED) is 0.852. The molecule has 1 aliphatic heterocycles. The lowest BCUT2D eigenvalue weighted by atomic mass is 9.99. The Morgan fingerprint density at radius 2 is 2.25 bits per heavy atom. The number of aromatic nitrogens is 2. The summed E-state index contributed by atoms with van der Waals surface area (Å²) in [5, 5.41) is 11.7. The number of nitrogens with one attached hydrogen (secondary N) is 1. The molecule has 0 saturated carbocycles. The Morgan fingerprint density at radius 1 is 1.45 bits per heavy atom. The molecule has 108 valence electrons. The maximum absolute atomic E-state index is 12.0. The van der Waals surface area contributed by atoms with Crippen LogP contribution in [0.2, 0.25) is 0 Å². The van der Waals surface area contributed by atoms with E-state index in [0.717, 1.165) is 5.69 Å². The summed E-state index contributed by atoms with van der Waals surface area (Å²) in [4.78, 5) is 32.7. The molecule has 1 saturated heterocycles. The first kappa shape index (κ1) is 14.2. The van der Waals surface area contributed by atoms with Crippen LogP contribution in [-0.2, 0) is 11.3 Å². The highest BCUT2D eigenvalue weighted by atomic mass is 16.4. The maximum atomic E-state index is 12.0. The molecular formula is C13H18N4O3. The highest BCUT2D eigenvalue weighted by Gasteiger charge is 2.27. The number of urea groups is 1. The van der Waals surface area contributed by atoms with Crippen LogP contribution in [0.25, 0.3) is 0 Å². The Hall–Kier alpha value is -2.18. The summed E-state index contributed by atoms with van der Waals surface area (Å²) >= 11 is 0. The number of likely N-dealkylation sites (tertiary alicyclic amines) is 1. The number of aryl methyl sites for hydroxylation is 1. The average molecular weight is 278 g/mol. The van der Waals surface area contributed by atoms with Crippen LogP contribution in [0.5, 0.6) is 0 Å². The van der Waals surface area contributed by atoms with Crippen LogP contribution >= 0.6 is 0 Å². The minimum atomic E-state index is -0.841. The molecule has 1 fully saturated rings. The predicted molar refractivity (Wildman–Crippen MR) is 70.9 cm³/mol. The Kier molecular flexibility index (Phi) is 4.49. The summed E-state index contributed by atoms with van der Waals surface area (Å²) < 4.78 is 0. The number of hydrogen-bond acceptors (Lipinski definition) is 4. The third-order valence-electron chi connectivity index (χ3n) is 3.31. The van der Waals surface area contributed by atoms with Gasteiger partial charge in [-0.1, -0.05) is 0 Å². The Balaban J connectivity index is 1.85. The zero-order valence-corrected chi connectivity index (χ0v) is 11.4. The van der Waals surface area contributed by atoms with Gasteiger partial charge < -0.3 is 15.3 Å². The van der Waals surface area contributed by atoms with Crippen molar-refractivity contribution < 1.29 is 14.7 Å². The van der Waals surface area contributed by atoms with Crippen LogP contribution in [0.4, 0.5) is 4.79 Å². The normalized spacial score (nSPS) is 18.6. The average Bonchev–Trinajstić information content (AvgIpc) is 2.46. The zero-order chi connectivity index (χ0) is 14.5. The monoisotopic (exact) mass is 278 g/mol. The van der Waals surface area contributed by atoms with E-state index in [2.05, 4.69) is 15.3 Å². The summed E-state index contributed by atoms with van der Waals surface area (Å²) in [5.41, 5.74) is 1.50. The molecule has 0 unspecified atom stereocenters. The summed E-state index contributed by atoms with van der Waals surface area (Å²) in [6, 6.07) is -0.252. The van der Waals surface area contributed by atoms with Crippen LogP contribution in [0.3, 0.4) is 0 Å². The van der Waals surface area contributed by atoms with E-state index in [1.54, 1.807) is 17.3 Å². The van der Waals surface area contributed by atoms with E-state index in [9.17, 15) is 9.59 Å².